The summed E-state index contributed by atoms with van der Waals surface area (Å²) in [6.45, 7) is 0. The molecule has 3 rings (SSSR count). The summed E-state index contributed by atoms with van der Waals surface area (Å²) in [5, 5.41) is 11.8. The lowest BCUT2D eigenvalue weighted by atomic mass is 9.86. The molecule has 1 aromatic carbocycles. The SMILES string of the molecule is COc1cc(/C=N\n2c(CCC3CCCCC3)n[nH]c2=S)cc(OC)c1OC. The Morgan fingerprint density at radius 2 is 1.82 bits per heavy atom. The van der Waals surface area contributed by atoms with E-state index in [-0.39, 0.29) is 0 Å². The number of aromatic amines is 1. The van der Waals surface area contributed by atoms with E-state index in [1.54, 1.807) is 32.2 Å². The van der Waals surface area contributed by atoms with Crippen LogP contribution in [0.1, 0.15) is 49.9 Å². The summed E-state index contributed by atoms with van der Waals surface area (Å²) >= 11 is 5.36. The molecule has 1 fully saturated rings. The maximum absolute atomic E-state index is 5.40. The summed E-state index contributed by atoms with van der Waals surface area (Å²) in [5.74, 6) is 3.36. The molecule has 0 bridgehead atoms. The fraction of sp³-hybridized carbons (Fsp3) is 0.550. The monoisotopic (exact) mass is 404 g/mol. The number of nitrogens with zero attached hydrogens (tertiary/aromatic N) is 3. The van der Waals surface area contributed by atoms with E-state index >= 15 is 0 Å². The van der Waals surface area contributed by atoms with Gasteiger partial charge in [-0.15, -0.1) is 0 Å². The van der Waals surface area contributed by atoms with Crippen molar-refractivity contribution in [2.45, 2.75) is 44.9 Å². The first-order chi connectivity index (χ1) is 13.7. The fourth-order valence-electron chi connectivity index (χ4n) is 3.71. The van der Waals surface area contributed by atoms with Crippen molar-refractivity contribution in [2.24, 2.45) is 11.0 Å². The number of hydrogen-bond acceptors (Lipinski definition) is 6. The maximum atomic E-state index is 5.40. The van der Waals surface area contributed by atoms with E-state index in [0.717, 1.165) is 30.1 Å². The molecule has 2 aromatic rings. The normalized spacial score (nSPS) is 15.1. The first kappa shape index (κ1) is 20.4. The van der Waals surface area contributed by atoms with Crippen molar-refractivity contribution in [3.63, 3.8) is 0 Å². The largest absolute Gasteiger partial charge is 0.493 e. The third-order valence-corrected chi connectivity index (χ3v) is 5.49. The van der Waals surface area contributed by atoms with Crippen LogP contribution in [-0.4, -0.2) is 42.4 Å². The molecule has 1 aliphatic rings. The molecule has 8 heteroatoms. The zero-order valence-corrected chi connectivity index (χ0v) is 17.6. The molecule has 0 amide bonds. The summed E-state index contributed by atoms with van der Waals surface area (Å²) in [6, 6.07) is 3.69. The number of ether oxygens (including phenoxy) is 3. The first-order valence-electron chi connectivity index (χ1n) is 9.67. The van der Waals surface area contributed by atoms with E-state index in [0.29, 0.717) is 22.0 Å². The lowest BCUT2D eigenvalue weighted by Crippen LogP contribution is -2.09. The average Bonchev–Trinajstić information content (AvgIpc) is 3.09. The van der Waals surface area contributed by atoms with Crippen LogP contribution in [0.4, 0.5) is 0 Å². The highest BCUT2D eigenvalue weighted by molar-refractivity contribution is 7.71. The van der Waals surface area contributed by atoms with Gasteiger partial charge >= 0.3 is 0 Å². The number of aromatic nitrogens is 3. The van der Waals surface area contributed by atoms with Crippen LogP contribution in [0.2, 0.25) is 0 Å². The van der Waals surface area contributed by atoms with E-state index in [1.165, 1.54) is 32.1 Å². The Hall–Kier alpha value is -2.35. The lowest BCUT2D eigenvalue weighted by Gasteiger charge is -2.20. The van der Waals surface area contributed by atoms with Gasteiger partial charge in [0, 0.05) is 12.0 Å². The van der Waals surface area contributed by atoms with Crippen LogP contribution in [0.25, 0.3) is 0 Å². The summed E-state index contributed by atoms with van der Waals surface area (Å²) in [4.78, 5) is 0. The van der Waals surface area contributed by atoms with Gasteiger partial charge in [-0.1, -0.05) is 32.1 Å². The molecule has 0 aliphatic heterocycles. The van der Waals surface area contributed by atoms with E-state index in [4.69, 9.17) is 26.4 Å². The smallest absolute Gasteiger partial charge is 0.216 e. The minimum Gasteiger partial charge on any atom is -0.493 e. The molecule has 0 atom stereocenters. The molecule has 28 heavy (non-hydrogen) atoms. The van der Waals surface area contributed by atoms with Crippen LogP contribution in [0, 0.1) is 10.7 Å². The van der Waals surface area contributed by atoms with Crippen molar-refractivity contribution in [1.82, 2.24) is 14.9 Å². The van der Waals surface area contributed by atoms with Gasteiger partial charge in [-0.05, 0) is 36.7 Å². The van der Waals surface area contributed by atoms with Gasteiger partial charge < -0.3 is 14.2 Å². The van der Waals surface area contributed by atoms with E-state index in [2.05, 4.69) is 15.3 Å². The van der Waals surface area contributed by atoms with Crippen LogP contribution < -0.4 is 14.2 Å². The number of hydrogen-bond donors (Lipinski definition) is 1. The Labute approximate surface area is 170 Å². The van der Waals surface area contributed by atoms with Crippen LogP contribution in [0.15, 0.2) is 17.2 Å². The van der Waals surface area contributed by atoms with Gasteiger partial charge in [0.1, 0.15) is 0 Å². The Bertz CT molecular complexity index is 844. The topological polar surface area (TPSA) is 73.7 Å². The molecular weight excluding hydrogens is 376 g/mol. The minimum atomic E-state index is 0.488. The third kappa shape index (κ3) is 4.73. The number of methoxy groups -OCH3 is 3. The van der Waals surface area contributed by atoms with Gasteiger partial charge in [0.2, 0.25) is 10.5 Å². The van der Waals surface area contributed by atoms with Gasteiger partial charge in [0.15, 0.2) is 17.3 Å². The number of benzene rings is 1. The van der Waals surface area contributed by atoms with Crippen molar-refractivity contribution in [1.29, 1.82) is 0 Å². The van der Waals surface area contributed by atoms with Gasteiger partial charge in [-0.3, -0.25) is 5.10 Å². The molecule has 1 aromatic heterocycles. The summed E-state index contributed by atoms with van der Waals surface area (Å²) < 4.78 is 18.3. The van der Waals surface area contributed by atoms with Crippen molar-refractivity contribution in [2.75, 3.05) is 21.3 Å². The number of rotatable bonds is 8. The second kappa shape index (κ2) is 9.73. The molecule has 0 saturated heterocycles. The summed E-state index contributed by atoms with van der Waals surface area (Å²) in [6.07, 6.45) is 10.4. The molecule has 7 nitrogen and oxygen atoms in total. The van der Waals surface area contributed by atoms with Gasteiger partial charge in [0.05, 0.1) is 27.5 Å². The zero-order chi connectivity index (χ0) is 19.9. The average molecular weight is 405 g/mol. The maximum Gasteiger partial charge on any atom is 0.216 e. The lowest BCUT2D eigenvalue weighted by molar-refractivity contribution is 0.324. The fourth-order valence-corrected chi connectivity index (χ4v) is 3.91. The highest BCUT2D eigenvalue weighted by Gasteiger charge is 2.16. The Kier molecular flexibility index (Phi) is 7.08. The molecule has 1 saturated carbocycles. The molecule has 0 spiro atoms. The van der Waals surface area contributed by atoms with Gasteiger partial charge in [-0.2, -0.15) is 14.9 Å². The Morgan fingerprint density at radius 3 is 2.43 bits per heavy atom. The molecule has 0 unspecified atom stereocenters. The van der Waals surface area contributed by atoms with Crippen molar-refractivity contribution < 1.29 is 14.2 Å². The predicted molar refractivity (Wildman–Crippen MR) is 111 cm³/mol. The van der Waals surface area contributed by atoms with Crippen LogP contribution in [0.5, 0.6) is 17.2 Å². The van der Waals surface area contributed by atoms with Gasteiger partial charge in [-0.25, -0.2) is 0 Å². The quantitative estimate of drug-likeness (QED) is 0.523. The number of aryl methyl sites for hydroxylation is 1. The zero-order valence-electron chi connectivity index (χ0n) is 16.7. The second-order valence-corrected chi connectivity index (χ2v) is 7.39. The van der Waals surface area contributed by atoms with Crippen LogP contribution >= 0.6 is 12.2 Å². The predicted octanol–water partition coefficient (Wildman–Crippen LogP) is 4.36. The van der Waals surface area contributed by atoms with Crippen LogP contribution in [-0.2, 0) is 6.42 Å². The van der Waals surface area contributed by atoms with Crippen molar-refractivity contribution in [3.05, 3.63) is 28.3 Å². The molecule has 152 valence electrons. The first-order valence-corrected chi connectivity index (χ1v) is 10.1. The number of nitrogens with one attached hydrogen (secondary N) is 1. The standard InChI is InChI=1S/C20H28N4O3S/c1-25-16-11-15(12-17(26-2)19(16)27-3)13-21-24-18(22-23-20(24)28)10-9-14-7-5-4-6-8-14/h11-14H,4-10H2,1-3H3,(H,23,28)/b21-13-. The highest BCUT2D eigenvalue weighted by Crippen LogP contribution is 2.37. The molecule has 0 radical (unpaired) electrons. The van der Waals surface area contributed by atoms with Crippen molar-refractivity contribution >= 4 is 18.4 Å². The van der Waals surface area contributed by atoms with E-state index in [9.17, 15) is 0 Å². The molecule has 1 heterocycles. The van der Waals surface area contributed by atoms with Crippen molar-refractivity contribution in [3.8, 4) is 17.2 Å². The number of H-pyrrole nitrogens is 1. The Balaban J connectivity index is 1.79. The van der Waals surface area contributed by atoms with E-state index in [1.807, 2.05) is 12.1 Å². The highest BCUT2D eigenvalue weighted by atomic mass is 32.1. The van der Waals surface area contributed by atoms with Crippen LogP contribution in [0.3, 0.4) is 0 Å². The third-order valence-electron chi connectivity index (χ3n) is 5.23. The summed E-state index contributed by atoms with van der Waals surface area (Å²) in [7, 11) is 4.76. The van der Waals surface area contributed by atoms with E-state index < -0.39 is 0 Å². The molecular formula is C20H28N4O3S. The summed E-state index contributed by atoms with van der Waals surface area (Å²) in [5.41, 5.74) is 0.816. The Morgan fingerprint density at radius 1 is 1.14 bits per heavy atom. The minimum absolute atomic E-state index is 0.488. The molecule has 1 aliphatic carbocycles. The van der Waals surface area contributed by atoms with Gasteiger partial charge in [0.25, 0.3) is 0 Å². The second-order valence-electron chi connectivity index (χ2n) is 7.00. The molecule has 1 N–H and O–H groups in total.